The summed E-state index contributed by atoms with van der Waals surface area (Å²) in [5.41, 5.74) is 4.09. The third kappa shape index (κ3) is 8.83. The molecule has 0 aliphatic heterocycles. The van der Waals surface area contributed by atoms with Gasteiger partial charge in [0, 0.05) is 19.0 Å². The van der Waals surface area contributed by atoms with E-state index in [4.69, 9.17) is 4.74 Å². The second-order valence-electron chi connectivity index (χ2n) is 12.6. The predicted molar refractivity (Wildman–Crippen MR) is 189 cm³/mol. The van der Waals surface area contributed by atoms with Crippen molar-refractivity contribution in [2.24, 2.45) is 0 Å². The Labute approximate surface area is 284 Å². The average Bonchev–Trinajstić information content (AvgIpc) is 3.10. The van der Waals surface area contributed by atoms with Crippen LogP contribution in [0.3, 0.4) is 0 Å². The number of sulfonamides is 1. The Balaban J connectivity index is 1.56. The summed E-state index contributed by atoms with van der Waals surface area (Å²) in [4.78, 5) is 30.5. The second kappa shape index (κ2) is 16.0. The molecule has 1 atom stereocenters. The van der Waals surface area contributed by atoms with Crippen LogP contribution in [-0.2, 0) is 32.6 Å². The fraction of sp³-hybridized carbons (Fsp3) is 0.333. The smallest absolute Gasteiger partial charge is 0.264 e. The molecule has 9 heteroatoms. The molecule has 48 heavy (non-hydrogen) atoms. The van der Waals surface area contributed by atoms with Gasteiger partial charge in [-0.25, -0.2) is 8.42 Å². The van der Waals surface area contributed by atoms with E-state index >= 15 is 0 Å². The number of hydrogen-bond donors (Lipinski definition) is 1. The molecular formula is C39H45N3O5S. The first-order valence-corrected chi connectivity index (χ1v) is 18.0. The SMILES string of the molecule is COc1ccc(S(=O)(=O)N(CC(=O)N(Cc2cccc(C)c2)[C@H](Cc2ccccc2)C(=O)NC2CCCCC2)c2ccc(C)cc2)cc1. The number of ether oxygens (including phenoxy) is 1. The van der Waals surface area contributed by atoms with Gasteiger partial charge in [0.15, 0.2) is 0 Å². The van der Waals surface area contributed by atoms with Gasteiger partial charge in [0.25, 0.3) is 10.0 Å². The number of benzene rings is 4. The van der Waals surface area contributed by atoms with Crippen LogP contribution >= 0.6 is 0 Å². The number of hydrogen-bond acceptors (Lipinski definition) is 5. The highest BCUT2D eigenvalue weighted by Crippen LogP contribution is 2.27. The Bertz CT molecular complexity index is 1770. The summed E-state index contributed by atoms with van der Waals surface area (Å²) in [7, 11) is -2.68. The number of carbonyl (C=O) groups is 2. The molecule has 1 aliphatic rings. The summed E-state index contributed by atoms with van der Waals surface area (Å²) in [6.07, 6.45) is 5.33. The van der Waals surface area contributed by atoms with E-state index in [-0.39, 0.29) is 29.8 Å². The molecule has 0 unspecified atom stereocenters. The first-order chi connectivity index (χ1) is 23.1. The first-order valence-electron chi connectivity index (χ1n) is 16.6. The van der Waals surface area contributed by atoms with Crippen LogP contribution in [0.4, 0.5) is 5.69 Å². The fourth-order valence-corrected chi connectivity index (χ4v) is 7.63. The number of anilines is 1. The Morgan fingerprint density at radius 2 is 1.48 bits per heavy atom. The molecule has 8 nitrogen and oxygen atoms in total. The topological polar surface area (TPSA) is 96.0 Å². The first kappa shape index (κ1) is 34.7. The van der Waals surface area contributed by atoms with E-state index in [1.807, 2.05) is 80.6 Å². The van der Waals surface area contributed by atoms with Gasteiger partial charge in [-0.3, -0.25) is 13.9 Å². The van der Waals surface area contributed by atoms with Gasteiger partial charge >= 0.3 is 0 Å². The van der Waals surface area contributed by atoms with Crippen molar-refractivity contribution in [1.82, 2.24) is 10.2 Å². The van der Waals surface area contributed by atoms with E-state index in [9.17, 15) is 18.0 Å². The van der Waals surface area contributed by atoms with Crippen molar-refractivity contribution >= 4 is 27.5 Å². The molecule has 0 radical (unpaired) electrons. The minimum absolute atomic E-state index is 0.0257. The highest BCUT2D eigenvalue weighted by molar-refractivity contribution is 7.92. The molecule has 5 rings (SSSR count). The van der Waals surface area contributed by atoms with Gasteiger partial charge in [-0.15, -0.1) is 0 Å². The molecule has 0 saturated heterocycles. The van der Waals surface area contributed by atoms with Crippen molar-refractivity contribution in [1.29, 1.82) is 0 Å². The molecule has 1 N–H and O–H groups in total. The summed E-state index contributed by atoms with van der Waals surface area (Å²) in [6.45, 7) is 3.54. The zero-order valence-electron chi connectivity index (χ0n) is 28.0. The maximum absolute atomic E-state index is 14.7. The van der Waals surface area contributed by atoms with Crippen molar-refractivity contribution in [3.63, 3.8) is 0 Å². The fourth-order valence-electron chi connectivity index (χ4n) is 6.22. The number of methoxy groups -OCH3 is 1. The summed E-state index contributed by atoms with van der Waals surface area (Å²) in [5.74, 6) is -0.190. The maximum Gasteiger partial charge on any atom is 0.264 e. The number of amides is 2. The standard InChI is InChI=1S/C39H45N3O5S/c1-29-17-19-34(20-18-29)42(48(45,46)36-23-21-35(47-3)22-24-36)28-38(43)41(27-32-14-10-11-30(2)25-32)37(26-31-12-6-4-7-13-31)39(44)40-33-15-8-5-9-16-33/h4,6-7,10-14,17-25,33,37H,5,8-9,15-16,26-28H2,1-3H3,(H,40,44)/t37-/m1/s1. The lowest BCUT2D eigenvalue weighted by molar-refractivity contribution is -0.140. The molecule has 4 aromatic rings. The van der Waals surface area contributed by atoms with E-state index < -0.39 is 28.5 Å². The molecule has 1 fully saturated rings. The van der Waals surface area contributed by atoms with Gasteiger partial charge in [-0.1, -0.05) is 97.1 Å². The van der Waals surface area contributed by atoms with Crippen molar-refractivity contribution in [3.05, 3.63) is 125 Å². The normalized spacial score (nSPS) is 14.1. The van der Waals surface area contributed by atoms with Crippen molar-refractivity contribution in [3.8, 4) is 5.75 Å². The quantitative estimate of drug-likeness (QED) is 0.174. The monoisotopic (exact) mass is 667 g/mol. The van der Waals surface area contributed by atoms with E-state index in [0.717, 1.165) is 58.7 Å². The van der Waals surface area contributed by atoms with E-state index in [2.05, 4.69) is 5.32 Å². The molecular weight excluding hydrogens is 623 g/mol. The summed E-state index contributed by atoms with van der Waals surface area (Å²) in [6, 6.07) is 29.8. The molecule has 1 aliphatic carbocycles. The molecule has 252 valence electrons. The molecule has 0 heterocycles. The summed E-state index contributed by atoms with van der Waals surface area (Å²) < 4.78 is 34.9. The molecule has 0 aromatic heterocycles. The zero-order chi connectivity index (χ0) is 34.1. The van der Waals surface area contributed by atoms with Crippen LogP contribution in [0.1, 0.15) is 54.4 Å². The van der Waals surface area contributed by atoms with E-state index in [0.29, 0.717) is 11.4 Å². The average molecular weight is 668 g/mol. The van der Waals surface area contributed by atoms with Crippen LogP contribution in [0.15, 0.2) is 108 Å². The second-order valence-corrected chi connectivity index (χ2v) is 14.4. The van der Waals surface area contributed by atoms with E-state index in [1.165, 1.54) is 19.2 Å². The third-order valence-corrected chi connectivity index (χ3v) is 10.7. The lowest BCUT2D eigenvalue weighted by Gasteiger charge is -2.35. The molecule has 1 saturated carbocycles. The maximum atomic E-state index is 14.7. The van der Waals surface area contributed by atoms with Crippen LogP contribution in [0.5, 0.6) is 5.75 Å². The Kier molecular flexibility index (Phi) is 11.5. The minimum Gasteiger partial charge on any atom is -0.497 e. The Morgan fingerprint density at radius 1 is 0.812 bits per heavy atom. The lowest BCUT2D eigenvalue weighted by Crippen LogP contribution is -2.55. The van der Waals surface area contributed by atoms with Crippen LogP contribution in [0, 0.1) is 13.8 Å². The number of aryl methyl sites for hydroxylation is 2. The minimum atomic E-state index is -4.20. The highest BCUT2D eigenvalue weighted by atomic mass is 32.2. The molecule has 2 amide bonds. The van der Waals surface area contributed by atoms with Gasteiger partial charge in [-0.2, -0.15) is 0 Å². The van der Waals surface area contributed by atoms with E-state index in [1.54, 1.807) is 29.2 Å². The highest BCUT2D eigenvalue weighted by Gasteiger charge is 2.35. The van der Waals surface area contributed by atoms with Crippen LogP contribution in [-0.4, -0.2) is 50.9 Å². The number of rotatable bonds is 13. The van der Waals surface area contributed by atoms with Crippen LogP contribution in [0.2, 0.25) is 0 Å². The molecule has 0 spiro atoms. The van der Waals surface area contributed by atoms with Crippen LogP contribution in [0.25, 0.3) is 0 Å². The lowest BCUT2D eigenvalue weighted by atomic mass is 9.94. The summed E-state index contributed by atoms with van der Waals surface area (Å²) in [5, 5.41) is 3.25. The van der Waals surface area contributed by atoms with Gasteiger partial charge in [0.2, 0.25) is 11.8 Å². The number of carbonyl (C=O) groups excluding carboxylic acids is 2. The zero-order valence-corrected chi connectivity index (χ0v) is 28.8. The predicted octanol–water partition coefficient (Wildman–Crippen LogP) is 6.60. The third-order valence-electron chi connectivity index (χ3n) is 8.91. The van der Waals surface area contributed by atoms with Crippen molar-refractivity contribution in [2.75, 3.05) is 18.0 Å². The van der Waals surface area contributed by atoms with Gasteiger partial charge < -0.3 is 15.0 Å². The van der Waals surface area contributed by atoms with Crippen molar-refractivity contribution < 1.29 is 22.7 Å². The summed E-state index contributed by atoms with van der Waals surface area (Å²) >= 11 is 0. The van der Waals surface area contributed by atoms with Crippen LogP contribution < -0.4 is 14.4 Å². The number of nitrogens with one attached hydrogen (secondary N) is 1. The largest absolute Gasteiger partial charge is 0.497 e. The molecule has 4 aromatic carbocycles. The number of nitrogens with zero attached hydrogens (tertiary/aromatic N) is 2. The Morgan fingerprint density at radius 3 is 2.12 bits per heavy atom. The molecule has 0 bridgehead atoms. The van der Waals surface area contributed by atoms with Crippen molar-refractivity contribution in [2.45, 2.75) is 75.9 Å². The Hall–Kier alpha value is -4.63. The van der Waals surface area contributed by atoms with Gasteiger partial charge in [-0.05, 0) is 74.2 Å². The van der Waals surface area contributed by atoms with Gasteiger partial charge in [0.05, 0.1) is 17.7 Å². The van der Waals surface area contributed by atoms with Gasteiger partial charge in [0.1, 0.15) is 18.3 Å².